The van der Waals surface area contributed by atoms with Crippen molar-refractivity contribution in [3.05, 3.63) is 0 Å². The Balaban J connectivity index is 0.000000404. The number of aliphatic carboxylic acids is 2. The third-order valence-electron chi connectivity index (χ3n) is 6.61. The topological polar surface area (TPSA) is 111 Å². The first-order valence-corrected chi connectivity index (χ1v) is 11.9. The Labute approximate surface area is 211 Å². The summed E-state index contributed by atoms with van der Waals surface area (Å²) in [5.41, 5.74) is 0.381. The number of piperidine rings is 2. The Morgan fingerprint density at radius 1 is 0.757 bits per heavy atom. The number of carbonyl (C=O) groups is 3. The molecule has 0 aromatic heterocycles. The maximum Gasteiger partial charge on any atom is 0.490 e. The first-order chi connectivity index (χ1) is 17.1. The number of rotatable bonds is 5. The maximum absolute atomic E-state index is 12.1. The fourth-order valence-corrected chi connectivity index (χ4v) is 4.58. The number of hydrogen-bond donors (Lipinski definition) is 2. The number of nitrogens with zero attached hydrogens (tertiary/aromatic N) is 3. The lowest BCUT2D eigenvalue weighted by Crippen LogP contribution is -2.52. The average Bonchev–Trinajstić information content (AvgIpc) is 3.32. The molecule has 2 N–H and O–H groups in total. The molecule has 3 heterocycles. The van der Waals surface area contributed by atoms with Crippen molar-refractivity contribution in [2.24, 2.45) is 5.41 Å². The van der Waals surface area contributed by atoms with Gasteiger partial charge in [-0.15, -0.1) is 0 Å². The molecule has 0 aromatic rings. The minimum atomic E-state index is -5.08. The second-order valence-corrected chi connectivity index (χ2v) is 9.35. The molecular weight excluding hydrogens is 516 g/mol. The van der Waals surface area contributed by atoms with Crippen molar-refractivity contribution in [2.75, 3.05) is 66.1 Å². The summed E-state index contributed by atoms with van der Waals surface area (Å²) in [6.07, 6.45) is -2.44. The summed E-state index contributed by atoms with van der Waals surface area (Å²) in [5.74, 6) is -5.34. The van der Waals surface area contributed by atoms with E-state index in [2.05, 4.69) is 9.80 Å². The van der Waals surface area contributed by atoms with Crippen LogP contribution in [0.1, 0.15) is 38.5 Å². The normalized spacial score (nSPS) is 20.5. The molecule has 0 bridgehead atoms. The molecule has 3 fully saturated rings. The van der Waals surface area contributed by atoms with Gasteiger partial charge < -0.3 is 29.6 Å². The van der Waals surface area contributed by atoms with Gasteiger partial charge >= 0.3 is 24.3 Å². The largest absolute Gasteiger partial charge is 0.490 e. The Hall–Kier alpha value is -2.13. The molecular formula is C22H35F6N3O6. The van der Waals surface area contributed by atoms with E-state index in [1.54, 1.807) is 7.11 Å². The minimum absolute atomic E-state index is 0.169. The summed E-state index contributed by atoms with van der Waals surface area (Å²) >= 11 is 0. The number of methoxy groups -OCH3 is 1. The molecule has 3 aliphatic heterocycles. The van der Waals surface area contributed by atoms with E-state index in [1.807, 2.05) is 4.90 Å². The molecule has 216 valence electrons. The Morgan fingerprint density at radius 2 is 1.19 bits per heavy atom. The van der Waals surface area contributed by atoms with E-state index in [9.17, 15) is 31.1 Å². The predicted molar refractivity (Wildman–Crippen MR) is 119 cm³/mol. The summed E-state index contributed by atoms with van der Waals surface area (Å²) in [6.45, 7) is 9.59. The molecule has 3 saturated heterocycles. The van der Waals surface area contributed by atoms with E-state index >= 15 is 0 Å². The molecule has 3 aliphatic rings. The molecule has 9 nitrogen and oxygen atoms in total. The summed E-state index contributed by atoms with van der Waals surface area (Å²) < 4.78 is 68.5. The summed E-state index contributed by atoms with van der Waals surface area (Å²) in [5, 5.41) is 14.2. The zero-order valence-corrected chi connectivity index (χ0v) is 20.7. The summed E-state index contributed by atoms with van der Waals surface area (Å²) in [6, 6.07) is 0. The van der Waals surface area contributed by atoms with Crippen LogP contribution in [0.4, 0.5) is 26.3 Å². The molecule has 0 aliphatic carbocycles. The lowest BCUT2D eigenvalue weighted by atomic mass is 9.72. The predicted octanol–water partition coefficient (Wildman–Crippen LogP) is 2.70. The average molecular weight is 552 g/mol. The van der Waals surface area contributed by atoms with Crippen molar-refractivity contribution in [3.8, 4) is 0 Å². The van der Waals surface area contributed by atoms with Crippen LogP contribution >= 0.6 is 0 Å². The smallest absolute Gasteiger partial charge is 0.475 e. The van der Waals surface area contributed by atoms with E-state index in [-0.39, 0.29) is 12.5 Å². The number of amides is 1. The molecule has 0 aromatic carbocycles. The van der Waals surface area contributed by atoms with Gasteiger partial charge in [0.25, 0.3) is 0 Å². The van der Waals surface area contributed by atoms with Crippen LogP contribution in [-0.2, 0) is 19.1 Å². The fourth-order valence-electron chi connectivity index (χ4n) is 4.58. The van der Waals surface area contributed by atoms with Crippen molar-refractivity contribution in [2.45, 2.75) is 50.9 Å². The third-order valence-corrected chi connectivity index (χ3v) is 6.61. The number of carboxylic acid groups (broad SMARTS) is 2. The number of carboxylic acids is 2. The highest BCUT2D eigenvalue weighted by Gasteiger charge is 2.40. The van der Waals surface area contributed by atoms with E-state index < -0.39 is 24.3 Å². The van der Waals surface area contributed by atoms with Gasteiger partial charge in [-0.1, -0.05) is 0 Å². The van der Waals surface area contributed by atoms with Crippen LogP contribution in [-0.4, -0.2) is 121 Å². The molecule has 1 spiro atoms. The van der Waals surface area contributed by atoms with Crippen molar-refractivity contribution >= 4 is 17.8 Å². The van der Waals surface area contributed by atoms with Gasteiger partial charge in [-0.05, 0) is 70.1 Å². The van der Waals surface area contributed by atoms with Gasteiger partial charge in [0.2, 0.25) is 5.91 Å². The van der Waals surface area contributed by atoms with E-state index in [0.717, 1.165) is 19.5 Å². The van der Waals surface area contributed by atoms with Gasteiger partial charge in [-0.25, -0.2) is 9.59 Å². The van der Waals surface area contributed by atoms with Gasteiger partial charge in [0, 0.05) is 33.3 Å². The lowest BCUT2D eigenvalue weighted by Gasteiger charge is -2.47. The highest BCUT2D eigenvalue weighted by Crippen LogP contribution is 2.39. The molecule has 0 unspecified atom stereocenters. The fraction of sp³-hybridized carbons (Fsp3) is 0.864. The van der Waals surface area contributed by atoms with E-state index in [4.69, 9.17) is 24.5 Å². The van der Waals surface area contributed by atoms with Crippen LogP contribution in [0.25, 0.3) is 0 Å². The zero-order valence-electron chi connectivity index (χ0n) is 20.7. The second kappa shape index (κ2) is 14.7. The van der Waals surface area contributed by atoms with Gasteiger partial charge in [0.05, 0.1) is 0 Å². The van der Waals surface area contributed by atoms with Gasteiger partial charge in [0.1, 0.15) is 6.61 Å². The number of ether oxygens (including phenoxy) is 1. The maximum atomic E-state index is 12.1. The van der Waals surface area contributed by atoms with Crippen LogP contribution in [0, 0.1) is 5.41 Å². The van der Waals surface area contributed by atoms with Gasteiger partial charge in [0.15, 0.2) is 0 Å². The number of halogens is 6. The lowest BCUT2D eigenvalue weighted by molar-refractivity contribution is -0.193. The summed E-state index contributed by atoms with van der Waals surface area (Å²) in [4.78, 5) is 37.2. The Bertz CT molecular complexity index is 711. The Kier molecular flexibility index (Phi) is 13.1. The van der Waals surface area contributed by atoms with Crippen LogP contribution < -0.4 is 0 Å². The van der Waals surface area contributed by atoms with Crippen LogP contribution in [0.2, 0.25) is 0 Å². The van der Waals surface area contributed by atoms with Crippen molar-refractivity contribution in [1.29, 1.82) is 0 Å². The Morgan fingerprint density at radius 3 is 1.59 bits per heavy atom. The second-order valence-electron chi connectivity index (χ2n) is 9.35. The van der Waals surface area contributed by atoms with Crippen molar-refractivity contribution in [3.63, 3.8) is 0 Å². The first kappa shape index (κ1) is 32.9. The highest BCUT2D eigenvalue weighted by molar-refractivity contribution is 5.77. The number of likely N-dealkylation sites (tertiary alicyclic amines) is 3. The standard InChI is InChI=1S/C18H33N3O2.2C2HF3O2/c1-23-15-17(22)21-10-4-5-18(16-21)6-11-20(12-7-18)14-13-19-8-2-3-9-19;2*3-2(4,5)1(6)7/h2-16H2,1H3;2*(H,6,7). The minimum Gasteiger partial charge on any atom is -0.475 e. The number of hydrogen-bond acceptors (Lipinski definition) is 6. The SMILES string of the molecule is COCC(=O)N1CCCC2(CCN(CCN3CCCC3)CC2)C1.O=C(O)C(F)(F)F.O=C(O)C(F)(F)F. The van der Waals surface area contributed by atoms with E-state index in [0.29, 0.717) is 5.41 Å². The first-order valence-electron chi connectivity index (χ1n) is 11.9. The quantitative estimate of drug-likeness (QED) is 0.502. The zero-order chi connectivity index (χ0) is 28.3. The third kappa shape index (κ3) is 12.3. The van der Waals surface area contributed by atoms with Crippen molar-refractivity contribution in [1.82, 2.24) is 14.7 Å². The molecule has 37 heavy (non-hydrogen) atoms. The van der Waals surface area contributed by atoms with Gasteiger partial charge in [-0.3, -0.25) is 4.79 Å². The molecule has 0 saturated carbocycles. The number of alkyl halides is 6. The molecule has 3 rings (SSSR count). The van der Waals surface area contributed by atoms with Crippen LogP contribution in [0.15, 0.2) is 0 Å². The highest BCUT2D eigenvalue weighted by atomic mass is 19.4. The van der Waals surface area contributed by atoms with E-state index in [1.165, 1.54) is 71.4 Å². The van der Waals surface area contributed by atoms with Crippen LogP contribution in [0.5, 0.6) is 0 Å². The summed E-state index contributed by atoms with van der Waals surface area (Å²) in [7, 11) is 1.61. The molecule has 1 amide bonds. The van der Waals surface area contributed by atoms with Gasteiger partial charge in [-0.2, -0.15) is 26.3 Å². The number of carbonyl (C=O) groups excluding carboxylic acids is 1. The molecule has 15 heteroatoms. The molecule has 0 radical (unpaired) electrons. The van der Waals surface area contributed by atoms with Crippen molar-refractivity contribution < 1.29 is 55.7 Å². The monoisotopic (exact) mass is 551 g/mol. The molecule has 0 atom stereocenters. The van der Waals surface area contributed by atoms with Crippen LogP contribution in [0.3, 0.4) is 0 Å².